The Labute approximate surface area is 138 Å². The lowest BCUT2D eigenvalue weighted by Crippen LogP contribution is -2.39. The monoisotopic (exact) mass is 326 g/mol. The molecule has 0 saturated heterocycles. The third kappa shape index (κ3) is 2.47. The second-order valence-electron chi connectivity index (χ2n) is 6.81. The summed E-state index contributed by atoms with van der Waals surface area (Å²) in [5.74, 6) is 1.22. The van der Waals surface area contributed by atoms with Crippen LogP contribution in [0.2, 0.25) is 0 Å². The van der Waals surface area contributed by atoms with Crippen molar-refractivity contribution in [3.05, 3.63) is 42.0 Å². The van der Waals surface area contributed by atoms with Gasteiger partial charge in [0.05, 0.1) is 5.60 Å². The van der Waals surface area contributed by atoms with E-state index in [1.165, 1.54) is 18.2 Å². The summed E-state index contributed by atoms with van der Waals surface area (Å²) in [4.78, 5) is 0. The Morgan fingerprint density at radius 2 is 1.71 bits per heavy atom. The Balaban J connectivity index is 1.75. The molecule has 4 rings (SSSR count). The van der Waals surface area contributed by atoms with E-state index >= 15 is 0 Å². The zero-order chi connectivity index (χ0) is 17.1. The van der Waals surface area contributed by atoms with E-state index in [1.807, 2.05) is 18.2 Å². The molecule has 5 heteroatoms. The van der Waals surface area contributed by atoms with Gasteiger partial charge >= 0.3 is 0 Å². The van der Waals surface area contributed by atoms with E-state index in [0.29, 0.717) is 29.1 Å². The minimum Gasteiger partial charge on any atom is -0.508 e. The van der Waals surface area contributed by atoms with Crippen molar-refractivity contribution in [3.8, 4) is 28.6 Å². The second kappa shape index (κ2) is 4.92. The van der Waals surface area contributed by atoms with Crippen LogP contribution < -0.4 is 4.74 Å². The minimum atomic E-state index is -0.912. The predicted molar refractivity (Wildman–Crippen MR) is 89.4 cm³/mol. The Hall–Kier alpha value is -2.66. The van der Waals surface area contributed by atoms with Crippen LogP contribution in [0.1, 0.15) is 19.4 Å². The maximum Gasteiger partial charge on any atom is 0.138 e. The Bertz CT molecular complexity index is 870. The average molecular weight is 326 g/mol. The van der Waals surface area contributed by atoms with Crippen LogP contribution in [0.5, 0.6) is 17.2 Å². The highest BCUT2D eigenvalue weighted by molar-refractivity contribution is 5.85. The number of ether oxygens (including phenoxy) is 1. The molecular weight excluding hydrogens is 308 g/mol. The van der Waals surface area contributed by atoms with Crippen molar-refractivity contribution in [3.63, 3.8) is 0 Å². The van der Waals surface area contributed by atoms with Gasteiger partial charge in [0.15, 0.2) is 0 Å². The molecule has 0 unspecified atom stereocenters. The van der Waals surface area contributed by atoms with Gasteiger partial charge in [0.2, 0.25) is 0 Å². The number of benzene rings is 2. The van der Waals surface area contributed by atoms with Gasteiger partial charge < -0.3 is 24.5 Å². The van der Waals surface area contributed by atoms with Crippen LogP contribution in [0.15, 0.2) is 40.8 Å². The molecule has 3 aromatic rings. The van der Waals surface area contributed by atoms with Crippen molar-refractivity contribution < 1.29 is 24.5 Å². The molecule has 0 aliphatic carbocycles. The molecule has 0 bridgehead atoms. The van der Waals surface area contributed by atoms with E-state index in [-0.39, 0.29) is 17.6 Å². The third-order valence-corrected chi connectivity index (χ3v) is 4.35. The summed E-state index contributed by atoms with van der Waals surface area (Å²) in [6.45, 7) is 3.47. The molecule has 1 atom stereocenters. The highest BCUT2D eigenvalue weighted by atomic mass is 16.5. The molecule has 0 saturated carbocycles. The van der Waals surface area contributed by atoms with E-state index in [4.69, 9.17) is 9.15 Å². The predicted octanol–water partition coefficient (Wildman–Crippen LogP) is 3.59. The molecule has 0 fully saturated rings. The third-order valence-electron chi connectivity index (χ3n) is 4.35. The summed E-state index contributed by atoms with van der Waals surface area (Å²) < 4.78 is 11.7. The summed E-state index contributed by atoms with van der Waals surface area (Å²) in [5.41, 5.74) is 1.37. The molecule has 1 aliphatic heterocycles. The number of phenols is 2. The molecule has 1 aromatic heterocycles. The summed E-state index contributed by atoms with van der Waals surface area (Å²) in [6.07, 6.45) is 0.365. The topological polar surface area (TPSA) is 83.1 Å². The van der Waals surface area contributed by atoms with Gasteiger partial charge in [-0.2, -0.15) is 0 Å². The number of hydrogen-bond donors (Lipinski definition) is 3. The Morgan fingerprint density at radius 3 is 2.38 bits per heavy atom. The number of fused-ring (bicyclic) bond motifs is 2. The van der Waals surface area contributed by atoms with Crippen molar-refractivity contribution >= 4 is 11.0 Å². The van der Waals surface area contributed by atoms with Crippen LogP contribution in [0, 0.1) is 0 Å². The first-order valence-electron chi connectivity index (χ1n) is 7.78. The highest BCUT2D eigenvalue weighted by Gasteiger charge is 2.35. The summed E-state index contributed by atoms with van der Waals surface area (Å²) >= 11 is 0. The fraction of sp³-hybridized carbons (Fsp3) is 0.263. The molecule has 2 aromatic carbocycles. The molecule has 5 nitrogen and oxygen atoms in total. The average Bonchev–Trinajstić information content (AvgIpc) is 3.05. The summed E-state index contributed by atoms with van der Waals surface area (Å²) in [5, 5.41) is 30.3. The van der Waals surface area contributed by atoms with E-state index in [2.05, 4.69) is 0 Å². The molecule has 0 spiro atoms. The van der Waals surface area contributed by atoms with Gasteiger partial charge in [-0.05, 0) is 43.7 Å². The first-order chi connectivity index (χ1) is 11.3. The van der Waals surface area contributed by atoms with Gasteiger partial charge in [0.25, 0.3) is 0 Å². The fourth-order valence-corrected chi connectivity index (χ4v) is 3.05. The van der Waals surface area contributed by atoms with Crippen LogP contribution in [-0.4, -0.2) is 27.0 Å². The molecule has 0 amide bonds. The van der Waals surface area contributed by atoms with E-state index in [1.54, 1.807) is 13.8 Å². The maximum absolute atomic E-state index is 10.1. The number of furan rings is 1. The second-order valence-corrected chi connectivity index (χ2v) is 6.81. The molecule has 2 heterocycles. The van der Waals surface area contributed by atoms with Gasteiger partial charge in [-0.1, -0.05) is 0 Å². The van der Waals surface area contributed by atoms with Crippen molar-refractivity contribution in [2.45, 2.75) is 32.0 Å². The van der Waals surface area contributed by atoms with Crippen LogP contribution in [0.25, 0.3) is 22.3 Å². The van der Waals surface area contributed by atoms with E-state index in [0.717, 1.165) is 10.9 Å². The number of phenolic OH excluding ortho intramolecular Hbond substituents is 2. The summed E-state index contributed by atoms with van der Waals surface area (Å²) in [6, 6.07) is 10.0. The van der Waals surface area contributed by atoms with Gasteiger partial charge in [-0.25, -0.2) is 0 Å². The lowest BCUT2D eigenvalue weighted by atomic mass is 9.97. The SMILES string of the molecule is CC(C)(O)[C@H]1Cc2cc3cc(-c4cc(O)cc(O)c4)oc3cc2O1. The quantitative estimate of drug-likeness (QED) is 0.670. The normalized spacial score (nSPS) is 17.0. The molecule has 124 valence electrons. The fourth-order valence-electron chi connectivity index (χ4n) is 3.05. The number of aliphatic hydroxyl groups is 1. The smallest absolute Gasteiger partial charge is 0.138 e. The lowest BCUT2D eigenvalue weighted by Gasteiger charge is -2.24. The van der Waals surface area contributed by atoms with Gasteiger partial charge in [-0.15, -0.1) is 0 Å². The van der Waals surface area contributed by atoms with Crippen molar-refractivity contribution in [2.24, 2.45) is 0 Å². The molecular formula is C19H18O5. The minimum absolute atomic E-state index is 0.0238. The number of hydrogen-bond acceptors (Lipinski definition) is 5. The Kier molecular flexibility index (Phi) is 3.05. The summed E-state index contributed by atoms with van der Waals surface area (Å²) in [7, 11) is 0. The van der Waals surface area contributed by atoms with Crippen molar-refractivity contribution in [1.82, 2.24) is 0 Å². The molecule has 1 aliphatic rings. The number of rotatable bonds is 2. The molecule has 3 N–H and O–H groups in total. The zero-order valence-corrected chi connectivity index (χ0v) is 13.4. The number of aromatic hydroxyl groups is 2. The zero-order valence-electron chi connectivity index (χ0n) is 13.4. The van der Waals surface area contributed by atoms with E-state index in [9.17, 15) is 15.3 Å². The standard InChI is InChI=1S/C19H18O5/c1-19(2,22)18-7-11-3-10-6-15(23-16(10)9-17(11)24-18)12-4-13(20)8-14(21)5-12/h3-6,8-9,18,20-22H,7H2,1-2H3/t18-/m1/s1. The first kappa shape index (κ1) is 14.9. The highest BCUT2D eigenvalue weighted by Crippen LogP contribution is 2.39. The van der Waals surface area contributed by atoms with Crippen molar-refractivity contribution in [1.29, 1.82) is 0 Å². The lowest BCUT2D eigenvalue weighted by molar-refractivity contribution is -0.0229. The first-order valence-corrected chi connectivity index (χ1v) is 7.78. The van der Waals surface area contributed by atoms with Gasteiger partial charge in [-0.3, -0.25) is 0 Å². The van der Waals surface area contributed by atoms with E-state index < -0.39 is 5.60 Å². The molecule has 0 radical (unpaired) electrons. The van der Waals surface area contributed by atoms with Crippen LogP contribution >= 0.6 is 0 Å². The van der Waals surface area contributed by atoms with Gasteiger partial charge in [0.1, 0.15) is 34.7 Å². The largest absolute Gasteiger partial charge is 0.508 e. The van der Waals surface area contributed by atoms with Gasteiger partial charge in [0, 0.05) is 29.5 Å². The molecule has 24 heavy (non-hydrogen) atoms. The van der Waals surface area contributed by atoms with Crippen LogP contribution in [-0.2, 0) is 6.42 Å². The van der Waals surface area contributed by atoms with Crippen LogP contribution in [0.3, 0.4) is 0 Å². The van der Waals surface area contributed by atoms with Crippen molar-refractivity contribution in [2.75, 3.05) is 0 Å². The maximum atomic E-state index is 10.1. The Morgan fingerprint density at radius 1 is 1.00 bits per heavy atom. The van der Waals surface area contributed by atoms with Crippen LogP contribution in [0.4, 0.5) is 0 Å².